The third kappa shape index (κ3) is 5.34. The minimum absolute atomic E-state index is 0.212. The normalized spacial score (nSPS) is 15.1. The summed E-state index contributed by atoms with van der Waals surface area (Å²) in [5.41, 5.74) is 2.35. The largest absolute Gasteiger partial charge is 0.377 e. The lowest BCUT2D eigenvalue weighted by molar-refractivity contribution is -0.132. The average Bonchev–Trinajstić information content (AvgIpc) is 3.12. The van der Waals surface area contributed by atoms with E-state index in [1.54, 1.807) is 18.4 Å². The second kappa shape index (κ2) is 11.0. The highest BCUT2D eigenvalue weighted by atomic mass is 32.1. The number of methoxy groups -OCH3 is 1. The lowest BCUT2D eigenvalue weighted by Gasteiger charge is -2.26. The summed E-state index contributed by atoms with van der Waals surface area (Å²) < 4.78 is 5.35. The Morgan fingerprint density at radius 3 is 2.61 bits per heavy atom. The molecule has 0 atom stereocenters. The van der Waals surface area contributed by atoms with Crippen molar-refractivity contribution in [2.75, 3.05) is 57.8 Å². The Kier molecular flexibility index (Phi) is 7.90. The van der Waals surface area contributed by atoms with Crippen LogP contribution in [0.15, 0.2) is 35.7 Å². The molecule has 4 rings (SSSR count). The van der Waals surface area contributed by atoms with Crippen molar-refractivity contribution in [2.24, 2.45) is 0 Å². The van der Waals surface area contributed by atoms with Crippen molar-refractivity contribution in [3.8, 4) is 11.1 Å². The molecular formula is C25H33N5O2S. The number of carbonyl (C=O) groups is 1. The van der Waals surface area contributed by atoms with Gasteiger partial charge in [0.25, 0.3) is 0 Å². The molecule has 2 aromatic heterocycles. The highest BCUT2D eigenvalue weighted by Crippen LogP contribution is 2.38. The number of amides is 1. The number of aromatic nitrogens is 2. The van der Waals surface area contributed by atoms with Crippen LogP contribution in [0.3, 0.4) is 0 Å². The molecule has 3 heterocycles. The van der Waals surface area contributed by atoms with Crippen molar-refractivity contribution < 1.29 is 9.53 Å². The molecule has 0 spiro atoms. The molecule has 8 heteroatoms. The molecular weight excluding hydrogens is 434 g/mol. The van der Waals surface area contributed by atoms with E-state index in [-0.39, 0.29) is 5.91 Å². The molecule has 0 saturated carbocycles. The number of thiophene rings is 1. The Balaban J connectivity index is 1.63. The van der Waals surface area contributed by atoms with Crippen LogP contribution in [0, 0.1) is 0 Å². The van der Waals surface area contributed by atoms with Gasteiger partial charge in [0.1, 0.15) is 17.3 Å². The van der Waals surface area contributed by atoms with Gasteiger partial charge in [0.15, 0.2) is 5.82 Å². The first kappa shape index (κ1) is 23.6. The lowest BCUT2D eigenvalue weighted by Crippen LogP contribution is -2.41. The Hall–Kier alpha value is -2.55. The smallest absolute Gasteiger partial charge is 0.236 e. The predicted molar refractivity (Wildman–Crippen MR) is 135 cm³/mol. The molecule has 3 aromatic rings. The first-order valence-electron chi connectivity index (χ1n) is 11.7. The molecule has 0 unspecified atom stereocenters. The van der Waals surface area contributed by atoms with Gasteiger partial charge in [-0.1, -0.05) is 30.3 Å². The van der Waals surface area contributed by atoms with Crippen LogP contribution in [-0.4, -0.2) is 78.6 Å². The van der Waals surface area contributed by atoms with Gasteiger partial charge in [-0.3, -0.25) is 9.69 Å². The number of anilines is 1. The van der Waals surface area contributed by atoms with Crippen LogP contribution in [0.4, 0.5) is 5.82 Å². The zero-order valence-corrected chi connectivity index (χ0v) is 20.6. The molecule has 7 nitrogen and oxygen atoms in total. The van der Waals surface area contributed by atoms with E-state index >= 15 is 0 Å². The third-order valence-corrected chi connectivity index (χ3v) is 7.05. The van der Waals surface area contributed by atoms with E-state index in [2.05, 4.69) is 39.4 Å². The van der Waals surface area contributed by atoms with Crippen LogP contribution in [0.5, 0.6) is 0 Å². The molecule has 1 fully saturated rings. The van der Waals surface area contributed by atoms with Gasteiger partial charge >= 0.3 is 0 Å². The van der Waals surface area contributed by atoms with Gasteiger partial charge in [0, 0.05) is 57.3 Å². The van der Waals surface area contributed by atoms with Crippen LogP contribution in [0.25, 0.3) is 21.3 Å². The number of fused-ring (bicyclic) bond motifs is 1. The van der Waals surface area contributed by atoms with E-state index in [4.69, 9.17) is 14.7 Å². The van der Waals surface area contributed by atoms with E-state index in [0.717, 1.165) is 61.7 Å². The number of rotatable bonds is 8. The van der Waals surface area contributed by atoms with Gasteiger partial charge in [-0.05, 0) is 25.8 Å². The fourth-order valence-corrected chi connectivity index (χ4v) is 5.39. The minimum atomic E-state index is 0.212. The standard InChI is InChI=1S/C25H33N5O2S/c1-4-29(5-2)22(31)16-28-12-9-13-30(15-14-28)24-23-20(19-10-7-6-8-11-19)18-33-25(23)27-21(26-24)17-32-3/h6-8,10-11,18H,4-5,9,12-17H2,1-3H3. The van der Waals surface area contributed by atoms with E-state index in [1.807, 2.05) is 24.8 Å². The number of benzene rings is 1. The number of hydrogen-bond acceptors (Lipinski definition) is 7. The molecule has 33 heavy (non-hydrogen) atoms. The van der Waals surface area contributed by atoms with Crippen molar-refractivity contribution in [2.45, 2.75) is 26.9 Å². The van der Waals surface area contributed by atoms with Gasteiger partial charge in [-0.15, -0.1) is 11.3 Å². The molecule has 176 valence electrons. The Labute approximate surface area is 200 Å². The maximum Gasteiger partial charge on any atom is 0.236 e. The summed E-state index contributed by atoms with van der Waals surface area (Å²) in [5, 5.41) is 3.29. The molecule has 1 amide bonds. The molecule has 0 aliphatic carbocycles. The highest BCUT2D eigenvalue weighted by Gasteiger charge is 2.24. The lowest BCUT2D eigenvalue weighted by atomic mass is 10.1. The zero-order chi connectivity index (χ0) is 23.2. The quantitative estimate of drug-likeness (QED) is 0.501. The number of ether oxygens (including phenoxy) is 1. The van der Waals surface area contributed by atoms with Crippen LogP contribution >= 0.6 is 11.3 Å². The van der Waals surface area contributed by atoms with Crippen LogP contribution < -0.4 is 4.90 Å². The molecule has 0 radical (unpaired) electrons. The van der Waals surface area contributed by atoms with E-state index in [0.29, 0.717) is 19.0 Å². The fraction of sp³-hybridized carbons (Fsp3) is 0.480. The van der Waals surface area contributed by atoms with Gasteiger partial charge < -0.3 is 14.5 Å². The second-order valence-corrected chi connectivity index (χ2v) is 9.13. The predicted octanol–water partition coefficient (Wildman–Crippen LogP) is 3.89. The molecule has 0 bridgehead atoms. The molecule has 1 aromatic carbocycles. The fourth-order valence-electron chi connectivity index (χ4n) is 4.43. The SMILES string of the molecule is CCN(CC)C(=O)CN1CCCN(c2nc(COC)nc3scc(-c4ccccc4)c23)CC1. The maximum absolute atomic E-state index is 12.6. The number of nitrogens with zero attached hydrogens (tertiary/aromatic N) is 5. The van der Waals surface area contributed by atoms with Crippen LogP contribution in [0.2, 0.25) is 0 Å². The van der Waals surface area contributed by atoms with Crippen molar-refractivity contribution >= 4 is 33.3 Å². The first-order valence-corrected chi connectivity index (χ1v) is 12.6. The summed E-state index contributed by atoms with van der Waals surface area (Å²) in [7, 11) is 1.67. The van der Waals surface area contributed by atoms with Crippen molar-refractivity contribution in [1.29, 1.82) is 0 Å². The number of hydrogen-bond donors (Lipinski definition) is 0. The Morgan fingerprint density at radius 1 is 1.09 bits per heavy atom. The summed E-state index contributed by atoms with van der Waals surface area (Å²) in [6.07, 6.45) is 0.988. The topological polar surface area (TPSA) is 61.8 Å². The third-order valence-electron chi connectivity index (χ3n) is 6.18. The number of likely N-dealkylation sites (N-methyl/N-ethyl adjacent to an activating group) is 1. The summed E-state index contributed by atoms with van der Waals surface area (Å²) >= 11 is 1.66. The van der Waals surface area contributed by atoms with Gasteiger partial charge in [0.2, 0.25) is 5.91 Å². The van der Waals surface area contributed by atoms with E-state index < -0.39 is 0 Å². The van der Waals surface area contributed by atoms with E-state index in [9.17, 15) is 4.79 Å². The zero-order valence-electron chi connectivity index (χ0n) is 19.8. The summed E-state index contributed by atoms with van der Waals surface area (Å²) in [6.45, 7) is 9.95. The maximum atomic E-state index is 12.6. The van der Waals surface area contributed by atoms with Gasteiger partial charge in [0.05, 0.1) is 11.9 Å². The van der Waals surface area contributed by atoms with Crippen LogP contribution in [-0.2, 0) is 16.1 Å². The first-order chi connectivity index (χ1) is 16.1. The van der Waals surface area contributed by atoms with Crippen molar-refractivity contribution in [1.82, 2.24) is 19.8 Å². The minimum Gasteiger partial charge on any atom is -0.377 e. The van der Waals surface area contributed by atoms with Crippen molar-refractivity contribution in [3.05, 3.63) is 41.5 Å². The molecule has 1 aliphatic rings. The molecule has 1 saturated heterocycles. The average molecular weight is 468 g/mol. The summed E-state index contributed by atoms with van der Waals surface area (Å²) in [4.78, 5) is 29.9. The van der Waals surface area contributed by atoms with Crippen molar-refractivity contribution in [3.63, 3.8) is 0 Å². The van der Waals surface area contributed by atoms with Gasteiger partial charge in [-0.25, -0.2) is 9.97 Å². The molecule has 0 N–H and O–H groups in total. The number of carbonyl (C=O) groups excluding carboxylic acids is 1. The monoisotopic (exact) mass is 467 g/mol. The Morgan fingerprint density at radius 2 is 1.88 bits per heavy atom. The molecule has 1 aliphatic heterocycles. The highest BCUT2D eigenvalue weighted by molar-refractivity contribution is 7.17. The Bertz CT molecular complexity index is 1070. The second-order valence-electron chi connectivity index (χ2n) is 8.27. The summed E-state index contributed by atoms with van der Waals surface area (Å²) in [6, 6.07) is 10.4. The van der Waals surface area contributed by atoms with Gasteiger partial charge in [-0.2, -0.15) is 0 Å². The van der Waals surface area contributed by atoms with Crippen LogP contribution in [0.1, 0.15) is 26.1 Å². The van der Waals surface area contributed by atoms with E-state index in [1.165, 1.54) is 11.1 Å². The summed E-state index contributed by atoms with van der Waals surface area (Å²) in [5.74, 6) is 1.90.